The summed E-state index contributed by atoms with van der Waals surface area (Å²) in [6.45, 7) is 2.67. The number of aliphatic carboxylic acids is 1. The first-order valence-electron chi connectivity index (χ1n) is 4.78. The number of sulfonamides is 1. The molecule has 2 unspecified atom stereocenters. The summed E-state index contributed by atoms with van der Waals surface area (Å²) in [4.78, 5) is 12.6. The minimum absolute atomic E-state index is 0.0583. The van der Waals surface area contributed by atoms with Crippen molar-refractivity contribution >= 4 is 16.0 Å². The molecular formula is C8H16N2O4S. The Morgan fingerprint density at radius 2 is 2.20 bits per heavy atom. The second-order valence-corrected chi connectivity index (χ2v) is 5.69. The Hall–Kier alpha value is -0.660. The van der Waals surface area contributed by atoms with Crippen molar-refractivity contribution in [3.8, 4) is 0 Å². The van der Waals surface area contributed by atoms with E-state index in [1.807, 2.05) is 6.92 Å². The van der Waals surface area contributed by atoms with Crippen molar-refractivity contribution in [1.82, 2.24) is 4.90 Å². The van der Waals surface area contributed by atoms with Crippen LogP contribution in [-0.4, -0.2) is 49.3 Å². The van der Waals surface area contributed by atoms with E-state index in [1.165, 1.54) is 0 Å². The lowest BCUT2D eigenvalue weighted by Gasteiger charge is -2.22. The van der Waals surface area contributed by atoms with Crippen LogP contribution in [0.2, 0.25) is 0 Å². The van der Waals surface area contributed by atoms with E-state index in [0.29, 0.717) is 6.54 Å². The maximum atomic E-state index is 10.9. The van der Waals surface area contributed by atoms with Gasteiger partial charge in [0.15, 0.2) is 0 Å². The summed E-state index contributed by atoms with van der Waals surface area (Å²) < 4.78 is 21.5. The van der Waals surface area contributed by atoms with E-state index in [9.17, 15) is 13.2 Å². The van der Waals surface area contributed by atoms with Crippen molar-refractivity contribution in [3.63, 3.8) is 0 Å². The van der Waals surface area contributed by atoms with E-state index >= 15 is 0 Å². The van der Waals surface area contributed by atoms with Crippen LogP contribution >= 0.6 is 0 Å². The topological polar surface area (TPSA) is 101 Å². The minimum atomic E-state index is -3.51. The number of primary sulfonamides is 1. The number of hydrogen-bond donors (Lipinski definition) is 2. The molecule has 0 aromatic carbocycles. The number of hydrogen-bond acceptors (Lipinski definition) is 4. The highest BCUT2D eigenvalue weighted by atomic mass is 32.2. The second kappa shape index (κ2) is 4.46. The van der Waals surface area contributed by atoms with Gasteiger partial charge in [0.25, 0.3) is 0 Å². The van der Waals surface area contributed by atoms with Crippen LogP contribution in [-0.2, 0) is 14.8 Å². The quantitative estimate of drug-likeness (QED) is 0.656. The van der Waals surface area contributed by atoms with Gasteiger partial charge in [-0.1, -0.05) is 6.92 Å². The minimum Gasteiger partial charge on any atom is -0.480 e. The number of carbonyl (C=O) groups is 1. The van der Waals surface area contributed by atoms with Gasteiger partial charge < -0.3 is 5.11 Å². The predicted molar refractivity (Wildman–Crippen MR) is 54.8 cm³/mol. The molecule has 0 saturated carbocycles. The highest BCUT2D eigenvalue weighted by Crippen LogP contribution is 2.23. The largest absolute Gasteiger partial charge is 0.480 e. The first-order chi connectivity index (χ1) is 6.81. The molecule has 88 valence electrons. The highest BCUT2D eigenvalue weighted by molar-refractivity contribution is 7.89. The van der Waals surface area contributed by atoms with Gasteiger partial charge in [-0.3, -0.25) is 9.69 Å². The van der Waals surface area contributed by atoms with Gasteiger partial charge in [0.2, 0.25) is 10.0 Å². The number of carboxylic acid groups (broad SMARTS) is 1. The molecule has 1 fully saturated rings. The van der Waals surface area contributed by atoms with Crippen molar-refractivity contribution in [3.05, 3.63) is 0 Å². The predicted octanol–water partition coefficient (Wildman–Crippen LogP) is -0.930. The fourth-order valence-electron chi connectivity index (χ4n) is 1.92. The molecule has 0 radical (unpaired) electrons. The normalized spacial score (nSPS) is 28.1. The van der Waals surface area contributed by atoms with E-state index in [0.717, 1.165) is 6.42 Å². The summed E-state index contributed by atoms with van der Waals surface area (Å²) in [5.74, 6) is -1.03. The van der Waals surface area contributed by atoms with Crippen LogP contribution < -0.4 is 5.14 Å². The summed E-state index contributed by atoms with van der Waals surface area (Å²) in [5, 5.41) is 13.8. The third kappa shape index (κ3) is 3.44. The summed E-state index contributed by atoms with van der Waals surface area (Å²) in [7, 11) is -3.51. The highest BCUT2D eigenvalue weighted by Gasteiger charge is 2.36. The molecule has 1 heterocycles. The zero-order chi connectivity index (χ0) is 11.6. The summed E-state index contributed by atoms with van der Waals surface area (Å²) >= 11 is 0. The van der Waals surface area contributed by atoms with Crippen molar-refractivity contribution in [2.75, 3.05) is 18.8 Å². The maximum Gasteiger partial charge on any atom is 0.321 e. The van der Waals surface area contributed by atoms with Crippen LogP contribution in [0.25, 0.3) is 0 Å². The van der Waals surface area contributed by atoms with Crippen LogP contribution in [0.1, 0.15) is 13.3 Å². The smallest absolute Gasteiger partial charge is 0.321 e. The third-order valence-corrected chi connectivity index (χ3v) is 3.47. The van der Waals surface area contributed by atoms with Crippen molar-refractivity contribution in [1.29, 1.82) is 0 Å². The Morgan fingerprint density at radius 1 is 1.60 bits per heavy atom. The first kappa shape index (κ1) is 12.4. The van der Waals surface area contributed by atoms with E-state index in [1.54, 1.807) is 4.90 Å². The van der Waals surface area contributed by atoms with E-state index in [-0.39, 0.29) is 18.2 Å². The molecule has 7 heteroatoms. The van der Waals surface area contributed by atoms with Crippen LogP contribution in [0.15, 0.2) is 0 Å². The monoisotopic (exact) mass is 236 g/mol. The van der Waals surface area contributed by atoms with Gasteiger partial charge in [0.05, 0.1) is 5.75 Å². The second-order valence-electron chi connectivity index (χ2n) is 3.95. The Morgan fingerprint density at radius 3 is 2.67 bits per heavy atom. The van der Waals surface area contributed by atoms with E-state index in [4.69, 9.17) is 10.2 Å². The fraction of sp³-hybridized carbons (Fsp3) is 0.875. The molecule has 0 aliphatic carbocycles. The summed E-state index contributed by atoms with van der Waals surface area (Å²) in [5.41, 5.74) is 0. The van der Waals surface area contributed by atoms with Crippen LogP contribution in [0.3, 0.4) is 0 Å². The van der Waals surface area contributed by atoms with Gasteiger partial charge in [-0.2, -0.15) is 0 Å². The maximum absolute atomic E-state index is 10.9. The average molecular weight is 236 g/mol. The molecule has 1 saturated heterocycles. The SMILES string of the molecule is CC1CCN(CCS(N)(=O)=O)C1C(=O)O. The molecule has 0 spiro atoms. The molecule has 2 atom stereocenters. The number of rotatable bonds is 4. The number of nitrogens with zero attached hydrogens (tertiary/aromatic N) is 1. The first-order valence-corrected chi connectivity index (χ1v) is 6.50. The molecule has 1 rings (SSSR count). The van der Waals surface area contributed by atoms with Crippen molar-refractivity contribution < 1.29 is 18.3 Å². The number of nitrogens with two attached hydrogens (primary N) is 1. The molecule has 6 nitrogen and oxygen atoms in total. The van der Waals surface area contributed by atoms with Crippen LogP contribution in [0.4, 0.5) is 0 Å². The van der Waals surface area contributed by atoms with Gasteiger partial charge in [-0.05, 0) is 18.9 Å². The lowest BCUT2D eigenvalue weighted by atomic mass is 10.0. The van der Waals surface area contributed by atoms with Crippen LogP contribution in [0.5, 0.6) is 0 Å². The Kier molecular flexibility index (Phi) is 3.69. The van der Waals surface area contributed by atoms with Gasteiger partial charge >= 0.3 is 5.97 Å². The van der Waals surface area contributed by atoms with E-state index in [2.05, 4.69) is 0 Å². The molecule has 0 bridgehead atoms. The van der Waals surface area contributed by atoms with Gasteiger partial charge in [0.1, 0.15) is 6.04 Å². The molecular weight excluding hydrogens is 220 g/mol. The lowest BCUT2D eigenvalue weighted by molar-refractivity contribution is -0.143. The average Bonchev–Trinajstić information content (AvgIpc) is 2.42. The molecule has 0 aromatic heterocycles. The van der Waals surface area contributed by atoms with Crippen LogP contribution in [0, 0.1) is 5.92 Å². The Labute approximate surface area is 89.1 Å². The third-order valence-electron chi connectivity index (χ3n) is 2.72. The fourth-order valence-corrected chi connectivity index (χ4v) is 2.41. The van der Waals surface area contributed by atoms with Gasteiger partial charge in [-0.25, -0.2) is 13.6 Å². The zero-order valence-corrected chi connectivity index (χ0v) is 9.40. The summed E-state index contributed by atoms with van der Waals surface area (Å²) in [6, 6.07) is -0.577. The molecule has 1 aliphatic rings. The molecule has 1 aliphatic heterocycles. The van der Waals surface area contributed by atoms with Gasteiger partial charge in [0, 0.05) is 6.54 Å². The Bertz CT molecular complexity index is 341. The van der Waals surface area contributed by atoms with Crippen molar-refractivity contribution in [2.24, 2.45) is 11.1 Å². The lowest BCUT2D eigenvalue weighted by Crippen LogP contribution is -2.41. The Balaban J connectivity index is 2.59. The number of likely N-dealkylation sites (tertiary alicyclic amines) is 1. The molecule has 15 heavy (non-hydrogen) atoms. The molecule has 3 N–H and O–H groups in total. The molecule has 0 aromatic rings. The summed E-state index contributed by atoms with van der Waals surface area (Å²) in [6.07, 6.45) is 0.779. The van der Waals surface area contributed by atoms with Gasteiger partial charge in [-0.15, -0.1) is 0 Å². The van der Waals surface area contributed by atoms with E-state index < -0.39 is 22.0 Å². The zero-order valence-electron chi connectivity index (χ0n) is 8.59. The van der Waals surface area contributed by atoms with Crippen molar-refractivity contribution in [2.45, 2.75) is 19.4 Å². The molecule has 0 amide bonds. The number of carboxylic acids is 1. The standard InChI is InChI=1S/C8H16N2O4S/c1-6-2-3-10(7(6)8(11)12)4-5-15(9,13)14/h6-7H,2-5H2,1H3,(H,11,12)(H2,9,13,14).